The van der Waals surface area contributed by atoms with Gasteiger partial charge in [-0.25, -0.2) is 4.98 Å². The Balaban J connectivity index is 2.58. The number of nitrogens with zero attached hydrogens (tertiary/aromatic N) is 2. The van der Waals surface area contributed by atoms with E-state index in [2.05, 4.69) is 4.98 Å². The van der Waals surface area contributed by atoms with Crippen LogP contribution in [0.2, 0.25) is 0 Å². The Bertz CT molecular complexity index is 1070. The van der Waals surface area contributed by atoms with Crippen LogP contribution in [-0.2, 0) is 0 Å². The molecule has 5 N–H and O–H groups in total. The number of phenolic OH excluding ortho intramolecular Hbond substituents is 1. The normalized spacial score (nSPS) is 11.1. The first-order valence-electron chi connectivity index (χ1n) is 7.15. The standard InChI is InChI=1S/C16H16N4O3S/c1-6-4-5-9(21)7(2)12(6)20-14(17)10(15(18)22)13-11(16(20)23)19-8(3)24-13/h4-5,21H,17H2,1-3H3,(H2,18,22). The lowest BCUT2D eigenvalue weighted by atomic mass is 10.1. The number of amides is 1. The third kappa shape index (κ3) is 2.15. The highest BCUT2D eigenvalue weighted by molar-refractivity contribution is 7.19. The molecule has 24 heavy (non-hydrogen) atoms. The van der Waals surface area contributed by atoms with Crippen molar-refractivity contribution in [3.63, 3.8) is 0 Å². The number of nitrogen functional groups attached to an aromatic ring is 1. The first-order valence-corrected chi connectivity index (χ1v) is 7.96. The fraction of sp³-hybridized carbons (Fsp3) is 0.188. The van der Waals surface area contributed by atoms with Crippen LogP contribution < -0.4 is 17.0 Å². The quantitative estimate of drug-likeness (QED) is 0.653. The highest BCUT2D eigenvalue weighted by atomic mass is 32.1. The number of nitrogens with two attached hydrogens (primary N) is 2. The van der Waals surface area contributed by atoms with E-state index in [0.717, 1.165) is 5.56 Å². The fourth-order valence-electron chi connectivity index (χ4n) is 2.81. The number of aromatic nitrogens is 2. The number of aryl methyl sites for hydroxylation is 2. The molecule has 3 rings (SSSR count). The van der Waals surface area contributed by atoms with Crippen molar-refractivity contribution in [1.82, 2.24) is 9.55 Å². The Kier molecular flexibility index (Phi) is 3.56. The first kappa shape index (κ1) is 16.0. The Labute approximate surface area is 141 Å². The summed E-state index contributed by atoms with van der Waals surface area (Å²) in [6, 6.07) is 3.21. The maximum atomic E-state index is 12.9. The molecule has 8 heteroatoms. The zero-order valence-electron chi connectivity index (χ0n) is 13.4. The van der Waals surface area contributed by atoms with Crippen LogP contribution in [0.1, 0.15) is 26.5 Å². The maximum absolute atomic E-state index is 12.9. The number of aromatic hydroxyl groups is 1. The molecule has 1 aromatic carbocycles. The number of anilines is 1. The second-order valence-electron chi connectivity index (χ2n) is 5.55. The molecule has 0 aliphatic carbocycles. The molecule has 0 radical (unpaired) electrons. The average molecular weight is 344 g/mol. The van der Waals surface area contributed by atoms with E-state index in [9.17, 15) is 14.7 Å². The van der Waals surface area contributed by atoms with E-state index in [1.54, 1.807) is 26.8 Å². The summed E-state index contributed by atoms with van der Waals surface area (Å²) in [5.74, 6) is -0.761. The Morgan fingerprint density at radius 1 is 1.29 bits per heavy atom. The molecule has 0 aliphatic rings. The first-order chi connectivity index (χ1) is 11.2. The van der Waals surface area contributed by atoms with Gasteiger partial charge in [0.1, 0.15) is 17.1 Å². The number of pyridine rings is 1. The summed E-state index contributed by atoms with van der Waals surface area (Å²) in [4.78, 5) is 29.1. The topological polar surface area (TPSA) is 124 Å². The lowest BCUT2D eigenvalue weighted by molar-refractivity contribution is 0.100. The molecule has 2 aromatic heterocycles. The number of primary amides is 1. The monoisotopic (exact) mass is 344 g/mol. The molecule has 124 valence electrons. The van der Waals surface area contributed by atoms with Crippen molar-refractivity contribution in [3.05, 3.63) is 44.2 Å². The van der Waals surface area contributed by atoms with Crippen molar-refractivity contribution < 1.29 is 9.90 Å². The molecule has 0 saturated heterocycles. The molecule has 2 heterocycles. The number of carbonyl (C=O) groups excluding carboxylic acids is 1. The summed E-state index contributed by atoms with van der Waals surface area (Å²) >= 11 is 1.20. The lowest BCUT2D eigenvalue weighted by Gasteiger charge is -2.17. The van der Waals surface area contributed by atoms with Crippen molar-refractivity contribution >= 4 is 33.3 Å². The summed E-state index contributed by atoms with van der Waals surface area (Å²) in [6.07, 6.45) is 0. The van der Waals surface area contributed by atoms with Crippen LogP contribution in [0, 0.1) is 20.8 Å². The van der Waals surface area contributed by atoms with E-state index >= 15 is 0 Å². The Hall–Kier alpha value is -2.87. The van der Waals surface area contributed by atoms with Gasteiger partial charge in [0.25, 0.3) is 11.5 Å². The van der Waals surface area contributed by atoms with Crippen molar-refractivity contribution in [2.24, 2.45) is 5.73 Å². The van der Waals surface area contributed by atoms with Gasteiger partial charge in [-0.3, -0.25) is 14.2 Å². The average Bonchev–Trinajstić information content (AvgIpc) is 2.87. The zero-order valence-corrected chi connectivity index (χ0v) is 14.2. The third-order valence-corrected chi connectivity index (χ3v) is 4.93. The van der Waals surface area contributed by atoms with E-state index in [-0.39, 0.29) is 22.6 Å². The van der Waals surface area contributed by atoms with Crippen LogP contribution in [0.5, 0.6) is 5.75 Å². The van der Waals surface area contributed by atoms with E-state index < -0.39 is 11.5 Å². The minimum Gasteiger partial charge on any atom is -0.508 e. The van der Waals surface area contributed by atoms with E-state index in [4.69, 9.17) is 11.5 Å². The van der Waals surface area contributed by atoms with E-state index in [1.165, 1.54) is 22.0 Å². The highest BCUT2D eigenvalue weighted by Crippen LogP contribution is 2.32. The SMILES string of the molecule is Cc1nc2c(=O)n(-c3c(C)ccc(O)c3C)c(N)c(C(N)=O)c2s1. The molecule has 3 aromatic rings. The summed E-state index contributed by atoms with van der Waals surface area (Å²) in [7, 11) is 0. The van der Waals surface area contributed by atoms with Crippen molar-refractivity contribution in [3.8, 4) is 11.4 Å². The number of benzene rings is 1. The highest BCUT2D eigenvalue weighted by Gasteiger charge is 2.24. The van der Waals surface area contributed by atoms with Gasteiger partial charge >= 0.3 is 0 Å². The predicted octanol–water partition coefficient (Wildman–Crippen LogP) is 1.76. The van der Waals surface area contributed by atoms with Gasteiger partial charge in [0.2, 0.25) is 0 Å². The van der Waals surface area contributed by atoms with Crippen LogP contribution in [0.3, 0.4) is 0 Å². The second-order valence-corrected chi connectivity index (χ2v) is 6.75. The summed E-state index contributed by atoms with van der Waals surface area (Å²) < 4.78 is 1.58. The summed E-state index contributed by atoms with van der Waals surface area (Å²) in [6.45, 7) is 5.19. The van der Waals surface area contributed by atoms with Crippen molar-refractivity contribution in [1.29, 1.82) is 0 Å². The Morgan fingerprint density at radius 2 is 1.96 bits per heavy atom. The van der Waals surface area contributed by atoms with Gasteiger partial charge in [-0.1, -0.05) is 6.07 Å². The van der Waals surface area contributed by atoms with Crippen LogP contribution in [-0.4, -0.2) is 20.6 Å². The zero-order chi connectivity index (χ0) is 17.8. The minimum absolute atomic E-state index is 0.0251. The van der Waals surface area contributed by atoms with Gasteiger partial charge in [0, 0.05) is 5.56 Å². The molecule has 0 saturated carbocycles. The molecule has 0 unspecified atom stereocenters. The Morgan fingerprint density at radius 3 is 2.58 bits per heavy atom. The smallest absolute Gasteiger partial charge is 0.284 e. The maximum Gasteiger partial charge on any atom is 0.284 e. The number of fused-ring (bicyclic) bond motifs is 1. The van der Waals surface area contributed by atoms with Crippen molar-refractivity contribution in [2.75, 3.05) is 5.73 Å². The third-order valence-electron chi connectivity index (χ3n) is 3.94. The molecule has 0 aliphatic heterocycles. The number of carbonyl (C=O) groups is 1. The molecule has 0 atom stereocenters. The number of hydrogen-bond acceptors (Lipinski definition) is 6. The fourth-order valence-corrected chi connectivity index (χ4v) is 3.78. The molecule has 0 spiro atoms. The van der Waals surface area contributed by atoms with Gasteiger partial charge in [-0.2, -0.15) is 0 Å². The van der Waals surface area contributed by atoms with Crippen molar-refractivity contribution in [2.45, 2.75) is 20.8 Å². The molecular formula is C16H16N4O3S. The summed E-state index contributed by atoms with van der Waals surface area (Å²) in [5.41, 5.74) is 13.0. The van der Waals surface area contributed by atoms with E-state index in [1.807, 2.05) is 0 Å². The van der Waals surface area contributed by atoms with Crippen LogP contribution in [0.15, 0.2) is 16.9 Å². The van der Waals surface area contributed by atoms with E-state index in [0.29, 0.717) is 21.0 Å². The van der Waals surface area contributed by atoms with Crippen LogP contribution in [0.4, 0.5) is 5.82 Å². The molecule has 7 nitrogen and oxygen atoms in total. The minimum atomic E-state index is -0.731. The van der Waals surface area contributed by atoms with Gasteiger partial charge in [-0.05, 0) is 32.4 Å². The van der Waals surface area contributed by atoms with Crippen LogP contribution >= 0.6 is 11.3 Å². The predicted molar refractivity (Wildman–Crippen MR) is 94.0 cm³/mol. The number of phenols is 1. The van der Waals surface area contributed by atoms with Gasteiger partial charge in [-0.15, -0.1) is 11.3 Å². The molecular weight excluding hydrogens is 328 g/mol. The summed E-state index contributed by atoms with van der Waals surface area (Å²) in [5, 5.41) is 10.6. The molecule has 0 bridgehead atoms. The number of rotatable bonds is 2. The van der Waals surface area contributed by atoms with Gasteiger partial charge in [0.15, 0.2) is 0 Å². The number of hydrogen-bond donors (Lipinski definition) is 3. The second kappa shape index (κ2) is 5.34. The lowest BCUT2D eigenvalue weighted by Crippen LogP contribution is -2.27. The van der Waals surface area contributed by atoms with Crippen LogP contribution in [0.25, 0.3) is 15.9 Å². The molecule has 1 amide bonds. The largest absolute Gasteiger partial charge is 0.508 e. The molecule has 0 fully saturated rings. The van der Waals surface area contributed by atoms with Gasteiger partial charge in [0.05, 0.1) is 21.0 Å². The number of thiazole rings is 1. The van der Waals surface area contributed by atoms with Gasteiger partial charge < -0.3 is 16.6 Å².